The van der Waals surface area contributed by atoms with Crippen LogP contribution in [0, 0.1) is 0 Å². The van der Waals surface area contributed by atoms with Crippen LogP contribution in [0.5, 0.6) is 0 Å². The molecule has 23 heavy (non-hydrogen) atoms. The van der Waals surface area contributed by atoms with Crippen LogP contribution in [0.3, 0.4) is 0 Å². The van der Waals surface area contributed by atoms with Crippen molar-refractivity contribution < 1.29 is 0 Å². The summed E-state index contributed by atoms with van der Waals surface area (Å²) in [7, 11) is 0. The van der Waals surface area contributed by atoms with Crippen molar-refractivity contribution >= 4 is 23.7 Å². The van der Waals surface area contributed by atoms with Crippen LogP contribution in [0.4, 0.5) is 11.9 Å². The third-order valence-electron chi connectivity index (χ3n) is 3.29. The van der Waals surface area contributed by atoms with E-state index in [-0.39, 0.29) is 5.95 Å². The Morgan fingerprint density at radius 2 is 1.70 bits per heavy atom. The first-order chi connectivity index (χ1) is 11.2. The quantitative estimate of drug-likeness (QED) is 0.700. The number of hydrogen-bond acceptors (Lipinski definition) is 6. The maximum atomic E-state index is 5.82. The lowest BCUT2D eigenvalue weighted by molar-refractivity contribution is 1.02. The minimum absolute atomic E-state index is 0.208. The van der Waals surface area contributed by atoms with E-state index in [1.54, 1.807) is 11.8 Å². The average Bonchev–Trinajstić information content (AvgIpc) is 2.60. The molecule has 1 heterocycles. The van der Waals surface area contributed by atoms with Gasteiger partial charge in [0.1, 0.15) is 0 Å². The van der Waals surface area contributed by atoms with Gasteiger partial charge in [-0.1, -0.05) is 42.5 Å². The summed E-state index contributed by atoms with van der Waals surface area (Å²) in [5, 5.41) is 3.19. The van der Waals surface area contributed by atoms with Gasteiger partial charge in [-0.3, -0.25) is 0 Å². The Balaban J connectivity index is 1.80. The Labute approximate surface area is 139 Å². The molecule has 0 amide bonds. The molecule has 0 saturated heterocycles. The van der Waals surface area contributed by atoms with Gasteiger partial charge in [0, 0.05) is 17.0 Å². The molecular formula is C17H17N5S. The lowest BCUT2D eigenvalue weighted by atomic mass is 10.2. The van der Waals surface area contributed by atoms with Crippen LogP contribution in [-0.4, -0.2) is 21.2 Å². The molecule has 2 aromatic carbocycles. The monoisotopic (exact) mass is 323 g/mol. The molecule has 6 heteroatoms. The summed E-state index contributed by atoms with van der Waals surface area (Å²) in [6.07, 6.45) is 2.04. The number of nitrogens with zero attached hydrogens (tertiary/aromatic N) is 3. The second-order valence-corrected chi connectivity index (χ2v) is 5.79. The van der Waals surface area contributed by atoms with E-state index in [2.05, 4.69) is 20.3 Å². The molecule has 3 N–H and O–H groups in total. The first kappa shape index (κ1) is 15.3. The van der Waals surface area contributed by atoms with Crippen molar-refractivity contribution in [2.45, 2.75) is 11.4 Å². The average molecular weight is 323 g/mol. The summed E-state index contributed by atoms with van der Waals surface area (Å²) in [5.41, 5.74) is 7.88. The number of benzene rings is 2. The lowest BCUT2D eigenvalue weighted by Crippen LogP contribution is -2.08. The topological polar surface area (TPSA) is 76.7 Å². The van der Waals surface area contributed by atoms with Crippen molar-refractivity contribution in [3.8, 4) is 11.4 Å². The van der Waals surface area contributed by atoms with Gasteiger partial charge in [0.05, 0.1) is 0 Å². The fourth-order valence-corrected chi connectivity index (χ4v) is 2.53. The molecule has 0 atom stereocenters. The molecular weight excluding hydrogens is 306 g/mol. The highest BCUT2D eigenvalue weighted by atomic mass is 32.2. The van der Waals surface area contributed by atoms with E-state index in [0.717, 1.165) is 11.1 Å². The van der Waals surface area contributed by atoms with E-state index in [4.69, 9.17) is 5.73 Å². The normalized spacial score (nSPS) is 10.5. The maximum absolute atomic E-state index is 5.82. The minimum Gasteiger partial charge on any atom is -0.368 e. The molecule has 0 fully saturated rings. The van der Waals surface area contributed by atoms with Crippen LogP contribution < -0.4 is 11.1 Å². The van der Waals surface area contributed by atoms with Gasteiger partial charge in [0.25, 0.3) is 0 Å². The zero-order valence-corrected chi connectivity index (χ0v) is 13.5. The van der Waals surface area contributed by atoms with Crippen LogP contribution in [0.15, 0.2) is 59.5 Å². The van der Waals surface area contributed by atoms with Crippen LogP contribution in [0.1, 0.15) is 5.56 Å². The first-order valence-corrected chi connectivity index (χ1v) is 8.41. The zero-order chi connectivity index (χ0) is 16.1. The van der Waals surface area contributed by atoms with Crippen LogP contribution >= 0.6 is 11.8 Å². The van der Waals surface area contributed by atoms with Gasteiger partial charge >= 0.3 is 0 Å². The second kappa shape index (κ2) is 7.11. The van der Waals surface area contributed by atoms with Crippen LogP contribution in [0.2, 0.25) is 0 Å². The van der Waals surface area contributed by atoms with Gasteiger partial charge in [0.15, 0.2) is 5.82 Å². The van der Waals surface area contributed by atoms with E-state index in [1.807, 2.05) is 60.9 Å². The molecule has 0 aliphatic heterocycles. The summed E-state index contributed by atoms with van der Waals surface area (Å²) in [5.74, 6) is 1.26. The van der Waals surface area contributed by atoms with E-state index in [9.17, 15) is 0 Å². The molecule has 0 aliphatic rings. The first-order valence-electron chi connectivity index (χ1n) is 7.18. The third-order valence-corrected chi connectivity index (χ3v) is 4.04. The molecule has 116 valence electrons. The van der Waals surface area contributed by atoms with E-state index < -0.39 is 0 Å². The zero-order valence-electron chi connectivity index (χ0n) is 12.7. The van der Waals surface area contributed by atoms with Crippen molar-refractivity contribution in [3.63, 3.8) is 0 Å². The maximum Gasteiger partial charge on any atom is 0.228 e. The number of nitrogen functional groups attached to an aromatic ring is 1. The Morgan fingerprint density at radius 1 is 0.957 bits per heavy atom. The standard InChI is InChI=1S/C17H17N5S/c1-23-14-9-7-13(8-10-14)15-20-16(18)22-17(21-15)19-11-12-5-3-2-4-6-12/h2-10H,11H2,1H3,(H3,18,19,20,21,22). The molecule has 0 radical (unpaired) electrons. The predicted octanol–water partition coefficient (Wildman–Crippen LogP) is 3.45. The SMILES string of the molecule is CSc1ccc(-c2nc(N)nc(NCc3ccccc3)n2)cc1. The molecule has 0 bridgehead atoms. The van der Waals surface area contributed by atoms with Crippen LogP contribution in [0.25, 0.3) is 11.4 Å². The molecule has 3 rings (SSSR count). The van der Waals surface area contributed by atoms with Crippen molar-refractivity contribution in [3.05, 3.63) is 60.2 Å². The molecule has 5 nitrogen and oxygen atoms in total. The fraction of sp³-hybridized carbons (Fsp3) is 0.118. The Morgan fingerprint density at radius 3 is 2.39 bits per heavy atom. The number of aromatic nitrogens is 3. The van der Waals surface area contributed by atoms with Gasteiger partial charge in [0.2, 0.25) is 11.9 Å². The molecule has 0 aliphatic carbocycles. The number of hydrogen-bond donors (Lipinski definition) is 2. The highest BCUT2D eigenvalue weighted by Gasteiger charge is 2.07. The Hall–Kier alpha value is -2.60. The van der Waals surface area contributed by atoms with Gasteiger partial charge < -0.3 is 11.1 Å². The molecule has 3 aromatic rings. The van der Waals surface area contributed by atoms with Crippen molar-refractivity contribution in [2.75, 3.05) is 17.3 Å². The predicted molar refractivity (Wildman–Crippen MR) is 95.2 cm³/mol. The molecule has 0 saturated carbocycles. The van der Waals surface area contributed by atoms with E-state index in [1.165, 1.54) is 4.90 Å². The number of nitrogens with two attached hydrogens (primary N) is 1. The fourth-order valence-electron chi connectivity index (χ4n) is 2.12. The molecule has 0 spiro atoms. The highest BCUT2D eigenvalue weighted by molar-refractivity contribution is 7.98. The smallest absolute Gasteiger partial charge is 0.228 e. The summed E-state index contributed by atoms with van der Waals surface area (Å²) < 4.78 is 0. The van der Waals surface area contributed by atoms with Crippen LogP contribution in [-0.2, 0) is 6.54 Å². The third kappa shape index (κ3) is 3.98. The second-order valence-electron chi connectivity index (χ2n) is 4.91. The van der Waals surface area contributed by atoms with E-state index >= 15 is 0 Å². The number of nitrogens with one attached hydrogen (secondary N) is 1. The van der Waals surface area contributed by atoms with Gasteiger partial charge in [-0.15, -0.1) is 11.8 Å². The Kier molecular flexibility index (Phi) is 4.73. The number of thioether (sulfide) groups is 1. The largest absolute Gasteiger partial charge is 0.368 e. The summed E-state index contributed by atoms with van der Waals surface area (Å²) in [6, 6.07) is 18.1. The summed E-state index contributed by atoms with van der Waals surface area (Å²) >= 11 is 1.69. The molecule has 0 unspecified atom stereocenters. The Bertz CT molecular complexity index is 775. The minimum atomic E-state index is 0.208. The summed E-state index contributed by atoms with van der Waals surface area (Å²) in [6.45, 7) is 0.634. The van der Waals surface area contributed by atoms with Crippen molar-refractivity contribution in [1.82, 2.24) is 15.0 Å². The van der Waals surface area contributed by atoms with Crippen molar-refractivity contribution in [1.29, 1.82) is 0 Å². The van der Waals surface area contributed by atoms with Crippen molar-refractivity contribution in [2.24, 2.45) is 0 Å². The van der Waals surface area contributed by atoms with E-state index in [0.29, 0.717) is 18.3 Å². The number of anilines is 2. The highest BCUT2D eigenvalue weighted by Crippen LogP contribution is 2.21. The van der Waals surface area contributed by atoms with Gasteiger partial charge in [-0.05, 0) is 24.0 Å². The number of rotatable bonds is 5. The summed E-state index contributed by atoms with van der Waals surface area (Å²) in [4.78, 5) is 14.0. The van der Waals surface area contributed by atoms with Gasteiger partial charge in [-0.25, -0.2) is 0 Å². The molecule has 1 aromatic heterocycles. The van der Waals surface area contributed by atoms with Gasteiger partial charge in [-0.2, -0.15) is 15.0 Å². The lowest BCUT2D eigenvalue weighted by Gasteiger charge is -2.08.